The average Bonchev–Trinajstić information content (AvgIpc) is 3.12. The molecule has 2 unspecified atom stereocenters. The van der Waals surface area contributed by atoms with Gasteiger partial charge in [0, 0.05) is 17.9 Å². The maximum absolute atomic E-state index is 12.6. The lowest BCUT2D eigenvalue weighted by Crippen LogP contribution is -2.41. The van der Waals surface area contributed by atoms with Gasteiger partial charge in [0.05, 0.1) is 27.5 Å². The number of benzene rings is 1. The summed E-state index contributed by atoms with van der Waals surface area (Å²) in [5.41, 5.74) is 1.41. The minimum Gasteiger partial charge on any atom is -0.458 e. The Labute approximate surface area is 201 Å². The van der Waals surface area contributed by atoms with E-state index in [2.05, 4.69) is 20.6 Å². The third-order valence-corrected chi connectivity index (χ3v) is 6.21. The Morgan fingerprint density at radius 1 is 1.29 bits per heavy atom. The molecule has 0 spiro atoms. The van der Waals surface area contributed by atoms with Crippen molar-refractivity contribution in [1.82, 2.24) is 9.97 Å². The first-order valence-corrected chi connectivity index (χ1v) is 12.0. The number of pyridine rings is 1. The van der Waals surface area contributed by atoms with Gasteiger partial charge in [0.1, 0.15) is 17.0 Å². The van der Waals surface area contributed by atoms with Gasteiger partial charge in [0.2, 0.25) is 0 Å². The van der Waals surface area contributed by atoms with Gasteiger partial charge in [-0.1, -0.05) is 0 Å². The second-order valence-electron chi connectivity index (χ2n) is 9.28. The van der Waals surface area contributed by atoms with E-state index in [0.29, 0.717) is 24.2 Å². The summed E-state index contributed by atoms with van der Waals surface area (Å²) in [4.78, 5) is 32.0. The van der Waals surface area contributed by atoms with Gasteiger partial charge in [-0.05, 0) is 64.8 Å². The minimum absolute atomic E-state index is 0.0201. The van der Waals surface area contributed by atoms with E-state index in [9.17, 15) is 9.59 Å². The number of thiazole rings is 1. The van der Waals surface area contributed by atoms with E-state index in [1.165, 1.54) is 0 Å². The highest BCUT2D eigenvalue weighted by Crippen LogP contribution is 2.26. The van der Waals surface area contributed by atoms with Crippen LogP contribution in [0.4, 0.5) is 11.4 Å². The Kier molecular flexibility index (Phi) is 6.72. The number of hydrogen-bond acceptors (Lipinski definition) is 8. The molecule has 1 saturated heterocycles. The first-order chi connectivity index (χ1) is 16.1. The molecule has 1 aliphatic heterocycles. The number of anilines is 2. The molecular weight excluding hydrogens is 454 g/mol. The fraction of sp³-hybridized carbons (Fsp3) is 0.417. The summed E-state index contributed by atoms with van der Waals surface area (Å²) in [6.45, 7) is 7.72. The number of amidine groups is 1. The quantitative estimate of drug-likeness (QED) is 0.245. The summed E-state index contributed by atoms with van der Waals surface area (Å²) in [5, 5.41) is 15.9. The molecule has 1 fully saturated rings. The Hall–Kier alpha value is -3.24. The Morgan fingerprint density at radius 3 is 2.79 bits per heavy atom. The molecule has 0 amide bonds. The largest absolute Gasteiger partial charge is 0.458 e. The summed E-state index contributed by atoms with van der Waals surface area (Å²) in [6, 6.07) is 7.27. The van der Waals surface area contributed by atoms with Crippen molar-refractivity contribution in [2.45, 2.75) is 58.3 Å². The van der Waals surface area contributed by atoms with Gasteiger partial charge in [0.25, 0.3) is 5.56 Å². The number of fused-ring (bicyclic) bond motifs is 1. The van der Waals surface area contributed by atoms with Gasteiger partial charge in [-0.2, -0.15) is 0 Å². The van der Waals surface area contributed by atoms with Gasteiger partial charge in [0.15, 0.2) is 6.10 Å². The van der Waals surface area contributed by atoms with Crippen LogP contribution in [0.2, 0.25) is 0 Å². The van der Waals surface area contributed by atoms with Crippen LogP contribution >= 0.6 is 11.3 Å². The van der Waals surface area contributed by atoms with Crippen LogP contribution < -0.4 is 16.2 Å². The van der Waals surface area contributed by atoms with Crippen LogP contribution in [-0.4, -0.2) is 46.1 Å². The normalized spacial score (nSPS) is 18.5. The number of carbonyl (C=O) groups excluding carboxylic acids is 1. The number of aryl methyl sites for hydroxylation is 1. The predicted octanol–water partition coefficient (Wildman–Crippen LogP) is 4.03. The molecule has 34 heavy (non-hydrogen) atoms. The number of aromatic amines is 1. The number of aromatic nitrogens is 2. The number of hydrogen-bond donors (Lipinski definition) is 4. The summed E-state index contributed by atoms with van der Waals surface area (Å²) in [5.74, 6) is -0.379. The number of esters is 1. The van der Waals surface area contributed by atoms with Gasteiger partial charge in [-0.25, -0.2) is 9.78 Å². The van der Waals surface area contributed by atoms with Crippen molar-refractivity contribution < 1.29 is 14.3 Å². The van der Waals surface area contributed by atoms with Crippen molar-refractivity contribution in [3.8, 4) is 0 Å². The third kappa shape index (κ3) is 5.63. The van der Waals surface area contributed by atoms with Crippen LogP contribution in [0.1, 0.15) is 44.2 Å². The van der Waals surface area contributed by atoms with Crippen molar-refractivity contribution in [1.29, 1.82) is 5.41 Å². The molecular formula is C24H29N5O4S. The van der Waals surface area contributed by atoms with Gasteiger partial charge >= 0.3 is 5.97 Å². The molecule has 9 nitrogen and oxygen atoms in total. The molecule has 10 heteroatoms. The fourth-order valence-electron chi connectivity index (χ4n) is 3.81. The lowest BCUT2D eigenvalue weighted by atomic mass is 10.0. The SMILES string of the molecule is Cc1nc2ccc(NC(=N)c3c(NC4CCC(C(=O)OC(C)(C)C)OC4)cc[nH]c3=O)cc2s1. The maximum Gasteiger partial charge on any atom is 0.335 e. The van der Waals surface area contributed by atoms with Crippen molar-refractivity contribution >= 4 is 44.7 Å². The molecule has 0 aliphatic carbocycles. The number of carbonyl (C=O) groups is 1. The monoisotopic (exact) mass is 483 g/mol. The first kappa shape index (κ1) is 23.9. The van der Waals surface area contributed by atoms with E-state index in [-0.39, 0.29) is 35.6 Å². The van der Waals surface area contributed by atoms with E-state index in [1.807, 2.05) is 45.9 Å². The molecule has 0 saturated carbocycles. The molecule has 2 aromatic heterocycles. The second kappa shape index (κ2) is 9.55. The molecule has 1 aliphatic rings. The molecule has 0 radical (unpaired) electrons. The van der Waals surface area contributed by atoms with Gasteiger partial charge in [-0.3, -0.25) is 10.2 Å². The summed E-state index contributed by atoms with van der Waals surface area (Å²) < 4.78 is 12.2. The zero-order chi connectivity index (χ0) is 24.5. The van der Waals surface area contributed by atoms with Crippen LogP contribution in [-0.2, 0) is 14.3 Å². The highest BCUT2D eigenvalue weighted by molar-refractivity contribution is 7.18. The first-order valence-electron chi connectivity index (χ1n) is 11.1. The average molecular weight is 484 g/mol. The number of nitrogens with zero attached hydrogens (tertiary/aromatic N) is 1. The molecule has 180 valence electrons. The van der Waals surface area contributed by atoms with Crippen LogP contribution in [0.3, 0.4) is 0 Å². The maximum atomic E-state index is 12.6. The van der Waals surface area contributed by atoms with E-state index in [1.54, 1.807) is 23.6 Å². The molecule has 2 atom stereocenters. The van der Waals surface area contributed by atoms with Crippen LogP contribution in [0, 0.1) is 12.3 Å². The molecule has 3 heterocycles. The standard InChI is InChI=1S/C24H29N5O4S/c1-13-27-16-7-5-14(11-19(16)34-13)29-21(25)20-17(9-10-26-22(20)30)28-15-6-8-18(32-12-15)23(31)33-24(2,3)4/h5,7,9-11,15,18H,6,8,12H2,1-4H3,(H2,25,29)(H2,26,28,30). The highest BCUT2D eigenvalue weighted by Gasteiger charge is 2.31. The van der Waals surface area contributed by atoms with Crippen molar-refractivity contribution in [2.24, 2.45) is 0 Å². The van der Waals surface area contributed by atoms with E-state index >= 15 is 0 Å². The molecule has 1 aromatic carbocycles. The van der Waals surface area contributed by atoms with Gasteiger partial charge in [-0.15, -0.1) is 11.3 Å². The third-order valence-electron chi connectivity index (χ3n) is 5.28. The van der Waals surface area contributed by atoms with E-state index in [4.69, 9.17) is 14.9 Å². The Bertz CT molecular complexity index is 1270. The topological polar surface area (TPSA) is 129 Å². The smallest absolute Gasteiger partial charge is 0.335 e. The van der Waals surface area contributed by atoms with Crippen LogP contribution in [0.5, 0.6) is 0 Å². The number of rotatable bonds is 5. The predicted molar refractivity (Wildman–Crippen MR) is 134 cm³/mol. The number of ether oxygens (including phenoxy) is 2. The molecule has 3 aromatic rings. The van der Waals surface area contributed by atoms with Crippen LogP contribution in [0.15, 0.2) is 35.3 Å². The minimum atomic E-state index is -0.596. The van der Waals surface area contributed by atoms with Crippen molar-refractivity contribution in [2.75, 3.05) is 17.2 Å². The zero-order valence-electron chi connectivity index (χ0n) is 19.7. The van der Waals surface area contributed by atoms with E-state index in [0.717, 1.165) is 15.2 Å². The molecule has 4 rings (SSSR count). The van der Waals surface area contributed by atoms with Gasteiger partial charge < -0.3 is 25.1 Å². The molecule has 0 bridgehead atoms. The second-order valence-corrected chi connectivity index (χ2v) is 10.5. The summed E-state index contributed by atoms with van der Waals surface area (Å²) >= 11 is 1.58. The van der Waals surface area contributed by atoms with Crippen molar-refractivity contribution in [3.05, 3.63) is 51.4 Å². The number of H-pyrrole nitrogens is 1. The zero-order valence-corrected chi connectivity index (χ0v) is 20.5. The van der Waals surface area contributed by atoms with Crippen molar-refractivity contribution in [3.63, 3.8) is 0 Å². The lowest BCUT2D eigenvalue weighted by molar-refractivity contribution is -0.171. The number of nitrogens with one attached hydrogen (secondary N) is 4. The lowest BCUT2D eigenvalue weighted by Gasteiger charge is -2.31. The van der Waals surface area contributed by atoms with E-state index < -0.39 is 11.7 Å². The van der Waals surface area contributed by atoms with Crippen LogP contribution in [0.25, 0.3) is 10.2 Å². The fourth-order valence-corrected chi connectivity index (χ4v) is 4.68. The molecule has 4 N–H and O–H groups in total. The Balaban J connectivity index is 1.44. The summed E-state index contributed by atoms with van der Waals surface area (Å²) in [7, 11) is 0. The highest BCUT2D eigenvalue weighted by atomic mass is 32.1. The Morgan fingerprint density at radius 2 is 2.09 bits per heavy atom. The summed E-state index contributed by atoms with van der Waals surface area (Å²) in [6.07, 6.45) is 2.12.